The molecule has 0 aromatic heterocycles. The fourth-order valence-electron chi connectivity index (χ4n) is 3.27. The van der Waals surface area contributed by atoms with Gasteiger partial charge >= 0.3 is 0 Å². The minimum Gasteiger partial charge on any atom is -0.491 e. The predicted octanol–water partition coefficient (Wildman–Crippen LogP) is 3.59. The van der Waals surface area contributed by atoms with E-state index in [1.54, 1.807) is 0 Å². The fourth-order valence-corrected chi connectivity index (χ4v) is 3.27. The molecule has 1 aromatic rings. The second-order valence-electron chi connectivity index (χ2n) is 6.88. The highest BCUT2D eigenvalue weighted by atomic mass is 16.5. The van der Waals surface area contributed by atoms with E-state index >= 15 is 0 Å². The van der Waals surface area contributed by atoms with Crippen molar-refractivity contribution in [3.05, 3.63) is 29.8 Å². The summed E-state index contributed by atoms with van der Waals surface area (Å²) in [4.78, 5) is 2.55. The average Bonchev–Trinajstić information content (AvgIpc) is 2.37. The Hall–Kier alpha value is -1.06. The monoisotopic (exact) mass is 290 g/mol. The Balaban J connectivity index is 2.22. The van der Waals surface area contributed by atoms with Crippen molar-refractivity contribution < 1.29 is 4.74 Å². The zero-order valence-corrected chi connectivity index (χ0v) is 13.9. The quantitative estimate of drug-likeness (QED) is 0.900. The predicted molar refractivity (Wildman–Crippen MR) is 88.6 cm³/mol. The number of hydrogen-bond donors (Lipinski definition) is 1. The first-order valence-corrected chi connectivity index (χ1v) is 8.23. The van der Waals surface area contributed by atoms with Crippen LogP contribution >= 0.6 is 0 Å². The van der Waals surface area contributed by atoms with Crippen LogP contribution in [-0.2, 0) is 0 Å². The lowest BCUT2D eigenvalue weighted by atomic mass is 9.90. The summed E-state index contributed by atoms with van der Waals surface area (Å²) in [6.45, 7) is 10.9. The summed E-state index contributed by atoms with van der Waals surface area (Å²) in [5.74, 6) is 1.61. The SMILES string of the molecule is CC(C)CN1CCCC(N)C1c1cccc(OC(C)C)c1. The third-order valence-electron chi connectivity index (χ3n) is 3.95. The first-order chi connectivity index (χ1) is 9.97. The maximum Gasteiger partial charge on any atom is 0.120 e. The lowest BCUT2D eigenvalue weighted by Gasteiger charge is -2.41. The van der Waals surface area contributed by atoms with Gasteiger partial charge in [-0.15, -0.1) is 0 Å². The van der Waals surface area contributed by atoms with Crippen LogP contribution in [0, 0.1) is 5.92 Å². The fraction of sp³-hybridized carbons (Fsp3) is 0.667. The molecule has 2 unspecified atom stereocenters. The van der Waals surface area contributed by atoms with E-state index in [4.69, 9.17) is 10.5 Å². The number of nitrogens with two attached hydrogens (primary N) is 1. The molecule has 1 saturated heterocycles. The number of ether oxygens (including phenoxy) is 1. The molecule has 0 spiro atoms. The largest absolute Gasteiger partial charge is 0.491 e. The number of likely N-dealkylation sites (tertiary alicyclic amines) is 1. The molecule has 1 aliphatic heterocycles. The van der Waals surface area contributed by atoms with Gasteiger partial charge in [-0.2, -0.15) is 0 Å². The van der Waals surface area contributed by atoms with E-state index in [9.17, 15) is 0 Å². The molecule has 1 aliphatic rings. The Morgan fingerprint density at radius 1 is 1.29 bits per heavy atom. The highest BCUT2D eigenvalue weighted by Crippen LogP contribution is 2.32. The van der Waals surface area contributed by atoms with Crippen LogP contribution in [0.1, 0.15) is 52.1 Å². The summed E-state index contributed by atoms with van der Waals surface area (Å²) in [6.07, 6.45) is 2.51. The van der Waals surface area contributed by atoms with Crippen LogP contribution < -0.4 is 10.5 Å². The Morgan fingerprint density at radius 2 is 2.05 bits per heavy atom. The molecule has 0 bridgehead atoms. The molecule has 1 aromatic carbocycles. The molecule has 0 radical (unpaired) electrons. The van der Waals surface area contributed by atoms with Gasteiger partial charge in [0.25, 0.3) is 0 Å². The summed E-state index contributed by atoms with van der Waals surface area (Å²) in [6, 6.07) is 9.01. The van der Waals surface area contributed by atoms with Gasteiger partial charge in [0.2, 0.25) is 0 Å². The van der Waals surface area contributed by atoms with Gasteiger partial charge in [-0.05, 0) is 56.8 Å². The average molecular weight is 290 g/mol. The van der Waals surface area contributed by atoms with E-state index in [1.807, 2.05) is 6.07 Å². The van der Waals surface area contributed by atoms with E-state index in [0.29, 0.717) is 12.0 Å². The maximum atomic E-state index is 6.45. The van der Waals surface area contributed by atoms with Crippen molar-refractivity contribution in [2.24, 2.45) is 11.7 Å². The van der Waals surface area contributed by atoms with Gasteiger partial charge in [-0.3, -0.25) is 4.90 Å². The van der Waals surface area contributed by atoms with Crippen molar-refractivity contribution in [1.82, 2.24) is 4.90 Å². The van der Waals surface area contributed by atoms with Gasteiger partial charge < -0.3 is 10.5 Å². The molecule has 21 heavy (non-hydrogen) atoms. The number of nitrogens with zero attached hydrogens (tertiary/aromatic N) is 1. The summed E-state index contributed by atoms with van der Waals surface area (Å²) >= 11 is 0. The van der Waals surface area contributed by atoms with E-state index in [0.717, 1.165) is 25.3 Å². The Kier molecular flexibility index (Phi) is 5.65. The molecule has 2 N–H and O–H groups in total. The normalized spacial score (nSPS) is 23.8. The zero-order chi connectivity index (χ0) is 15.4. The van der Waals surface area contributed by atoms with Crippen molar-refractivity contribution in [2.75, 3.05) is 13.1 Å². The van der Waals surface area contributed by atoms with Gasteiger partial charge in [0.1, 0.15) is 5.75 Å². The molecule has 118 valence electrons. The third-order valence-corrected chi connectivity index (χ3v) is 3.95. The van der Waals surface area contributed by atoms with Crippen molar-refractivity contribution in [2.45, 2.75) is 58.7 Å². The highest BCUT2D eigenvalue weighted by molar-refractivity contribution is 5.32. The molecular formula is C18H30N2O. The Labute approximate surface area is 129 Å². The van der Waals surface area contributed by atoms with Crippen LogP contribution in [0.25, 0.3) is 0 Å². The number of rotatable bonds is 5. The smallest absolute Gasteiger partial charge is 0.120 e. The van der Waals surface area contributed by atoms with Gasteiger partial charge in [0, 0.05) is 12.6 Å². The molecule has 2 rings (SSSR count). The summed E-state index contributed by atoms with van der Waals surface area (Å²) in [7, 11) is 0. The number of hydrogen-bond acceptors (Lipinski definition) is 3. The topological polar surface area (TPSA) is 38.5 Å². The van der Waals surface area contributed by atoms with Gasteiger partial charge in [0.15, 0.2) is 0 Å². The molecule has 2 atom stereocenters. The number of benzene rings is 1. The van der Waals surface area contributed by atoms with Gasteiger partial charge in [-0.25, -0.2) is 0 Å². The van der Waals surface area contributed by atoms with Crippen LogP contribution in [0.5, 0.6) is 5.75 Å². The molecule has 3 heteroatoms. The molecule has 1 fully saturated rings. The highest BCUT2D eigenvalue weighted by Gasteiger charge is 2.30. The summed E-state index contributed by atoms with van der Waals surface area (Å²) in [5, 5.41) is 0. The van der Waals surface area contributed by atoms with Crippen molar-refractivity contribution in [3.63, 3.8) is 0 Å². The van der Waals surface area contributed by atoms with Crippen LogP contribution in [0.4, 0.5) is 0 Å². The second kappa shape index (κ2) is 7.28. The van der Waals surface area contributed by atoms with Crippen molar-refractivity contribution >= 4 is 0 Å². The van der Waals surface area contributed by atoms with Gasteiger partial charge in [-0.1, -0.05) is 26.0 Å². The third kappa shape index (κ3) is 4.45. The molecule has 0 amide bonds. The molecule has 0 aliphatic carbocycles. The van der Waals surface area contributed by atoms with Crippen molar-refractivity contribution in [1.29, 1.82) is 0 Å². The lowest BCUT2D eigenvalue weighted by Crippen LogP contribution is -2.47. The Bertz CT molecular complexity index is 445. The second-order valence-corrected chi connectivity index (χ2v) is 6.88. The molecular weight excluding hydrogens is 260 g/mol. The van der Waals surface area contributed by atoms with Gasteiger partial charge in [0.05, 0.1) is 12.1 Å². The maximum absolute atomic E-state index is 6.45. The Morgan fingerprint density at radius 3 is 2.71 bits per heavy atom. The van der Waals surface area contributed by atoms with Crippen LogP contribution in [0.3, 0.4) is 0 Å². The first kappa shape index (κ1) is 16.3. The van der Waals surface area contributed by atoms with E-state index in [2.05, 4.69) is 50.8 Å². The standard InChI is InChI=1S/C18H30N2O/c1-13(2)12-20-10-6-9-17(19)18(20)15-7-5-8-16(11-15)21-14(3)4/h5,7-8,11,13-14,17-18H,6,9-10,12,19H2,1-4H3. The van der Waals surface area contributed by atoms with Crippen LogP contribution in [0.2, 0.25) is 0 Å². The lowest BCUT2D eigenvalue weighted by molar-refractivity contribution is 0.113. The minimum absolute atomic E-state index is 0.201. The van der Waals surface area contributed by atoms with E-state index in [-0.39, 0.29) is 12.1 Å². The molecule has 3 nitrogen and oxygen atoms in total. The summed E-state index contributed by atoms with van der Waals surface area (Å²) < 4.78 is 5.84. The van der Waals surface area contributed by atoms with E-state index < -0.39 is 0 Å². The van der Waals surface area contributed by atoms with Crippen LogP contribution in [0.15, 0.2) is 24.3 Å². The summed E-state index contributed by atoms with van der Waals surface area (Å²) in [5.41, 5.74) is 7.74. The van der Waals surface area contributed by atoms with Crippen LogP contribution in [-0.4, -0.2) is 30.1 Å². The first-order valence-electron chi connectivity index (χ1n) is 8.23. The van der Waals surface area contributed by atoms with Crippen molar-refractivity contribution in [3.8, 4) is 5.75 Å². The molecule has 0 saturated carbocycles. The minimum atomic E-state index is 0.201. The zero-order valence-electron chi connectivity index (χ0n) is 13.9. The molecule has 1 heterocycles. The number of piperidine rings is 1. The van der Waals surface area contributed by atoms with E-state index in [1.165, 1.54) is 12.0 Å².